The molecule has 0 spiro atoms. The molecule has 2 aromatic heterocycles. The Morgan fingerprint density at radius 1 is 0.941 bits per heavy atom. The lowest BCUT2D eigenvalue weighted by Crippen LogP contribution is -2.20. The lowest BCUT2D eigenvalue weighted by molar-refractivity contribution is 0.101. The fourth-order valence-corrected chi connectivity index (χ4v) is 8.13. The van der Waals surface area contributed by atoms with Crippen molar-refractivity contribution in [2.75, 3.05) is 23.9 Å². The standard InChI is InChI=1S/C24H30N2O6S2/c1-6-12-33(28,29)22-20-17(4)14-16(3)15-26(20)21(23(22)34(30,31)13-7-2)24(27)25-18-8-10-19(32-5)11-9-18/h8-11,14-15H,6-7,12-13H2,1-5H3,(H,25,27). The molecule has 0 atom stereocenters. The van der Waals surface area contributed by atoms with Crippen LogP contribution in [-0.2, 0) is 19.7 Å². The molecular weight excluding hydrogens is 476 g/mol. The van der Waals surface area contributed by atoms with Gasteiger partial charge in [0, 0.05) is 11.9 Å². The molecule has 8 nitrogen and oxygen atoms in total. The number of rotatable bonds is 9. The molecule has 0 aliphatic carbocycles. The summed E-state index contributed by atoms with van der Waals surface area (Å²) in [6.45, 7) is 6.93. The van der Waals surface area contributed by atoms with E-state index in [1.54, 1.807) is 64.2 Å². The van der Waals surface area contributed by atoms with Crippen molar-refractivity contribution in [1.82, 2.24) is 4.40 Å². The minimum atomic E-state index is -4.09. The SMILES string of the molecule is CCCS(=O)(=O)c1c(S(=O)(=O)CCC)c2c(C)cc(C)cn2c1C(=O)Nc1ccc(OC)cc1. The highest BCUT2D eigenvalue weighted by atomic mass is 32.2. The molecule has 1 amide bonds. The molecule has 10 heteroatoms. The van der Waals surface area contributed by atoms with Gasteiger partial charge in [-0.25, -0.2) is 16.8 Å². The Hall–Kier alpha value is -2.85. The maximum Gasteiger partial charge on any atom is 0.274 e. The largest absolute Gasteiger partial charge is 0.497 e. The Morgan fingerprint density at radius 3 is 2.03 bits per heavy atom. The van der Waals surface area contributed by atoms with Crippen LogP contribution in [0.25, 0.3) is 5.52 Å². The monoisotopic (exact) mass is 506 g/mol. The highest BCUT2D eigenvalue weighted by Crippen LogP contribution is 2.36. The second-order valence-electron chi connectivity index (χ2n) is 8.25. The van der Waals surface area contributed by atoms with Gasteiger partial charge >= 0.3 is 0 Å². The van der Waals surface area contributed by atoms with Crippen LogP contribution in [0.5, 0.6) is 5.75 Å². The second kappa shape index (κ2) is 9.79. The van der Waals surface area contributed by atoms with Crippen LogP contribution in [-0.4, -0.2) is 45.8 Å². The van der Waals surface area contributed by atoms with Gasteiger partial charge in [0.2, 0.25) is 0 Å². The van der Waals surface area contributed by atoms with Crippen molar-refractivity contribution in [2.45, 2.75) is 50.3 Å². The lowest BCUT2D eigenvalue weighted by Gasteiger charge is -2.10. The number of hydrogen-bond donors (Lipinski definition) is 1. The number of nitrogens with zero attached hydrogens (tertiary/aromatic N) is 1. The van der Waals surface area contributed by atoms with Crippen molar-refractivity contribution in [3.8, 4) is 5.75 Å². The number of sulfone groups is 2. The summed E-state index contributed by atoms with van der Waals surface area (Å²) < 4.78 is 60.3. The summed E-state index contributed by atoms with van der Waals surface area (Å²) in [5.74, 6) is -0.623. The topological polar surface area (TPSA) is 111 Å². The van der Waals surface area contributed by atoms with E-state index in [1.165, 1.54) is 11.5 Å². The van der Waals surface area contributed by atoms with Gasteiger partial charge in [0.05, 0.1) is 24.1 Å². The minimum Gasteiger partial charge on any atom is -0.497 e. The van der Waals surface area contributed by atoms with E-state index >= 15 is 0 Å². The van der Waals surface area contributed by atoms with Crippen molar-refractivity contribution in [1.29, 1.82) is 0 Å². The zero-order valence-electron chi connectivity index (χ0n) is 20.0. The normalized spacial score (nSPS) is 12.1. The maximum atomic E-state index is 13.6. The van der Waals surface area contributed by atoms with E-state index in [0.29, 0.717) is 23.4 Å². The lowest BCUT2D eigenvalue weighted by atomic mass is 10.2. The van der Waals surface area contributed by atoms with E-state index < -0.39 is 30.5 Å². The average molecular weight is 507 g/mol. The van der Waals surface area contributed by atoms with E-state index in [-0.39, 0.29) is 34.0 Å². The van der Waals surface area contributed by atoms with E-state index in [0.717, 1.165) is 5.56 Å². The predicted octanol–water partition coefficient (Wildman–Crippen LogP) is 4.18. The Bertz CT molecular complexity index is 1440. The summed E-state index contributed by atoms with van der Waals surface area (Å²) >= 11 is 0. The number of fused-ring (bicyclic) bond motifs is 1. The quantitative estimate of drug-likeness (QED) is 0.466. The summed E-state index contributed by atoms with van der Waals surface area (Å²) in [6, 6.07) is 8.34. The maximum absolute atomic E-state index is 13.6. The number of methoxy groups -OCH3 is 1. The van der Waals surface area contributed by atoms with Crippen molar-refractivity contribution < 1.29 is 26.4 Å². The van der Waals surface area contributed by atoms with Crippen LogP contribution in [0.2, 0.25) is 0 Å². The Labute approximate surface area is 200 Å². The highest BCUT2D eigenvalue weighted by Gasteiger charge is 2.37. The Morgan fingerprint density at radius 2 is 1.50 bits per heavy atom. The van der Waals surface area contributed by atoms with E-state index in [9.17, 15) is 21.6 Å². The first-order valence-electron chi connectivity index (χ1n) is 11.0. The Kier molecular flexibility index (Phi) is 7.42. The Balaban J connectivity index is 2.40. The number of carbonyl (C=O) groups excluding carboxylic acids is 1. The fourth-order valence-electron chi connectivity index (χ4n) is 4.09. The number of benzene rings is 1. The van der Waals surface area contributed by atoms with E-state index in [1.807, 2.05) is 0 Å². The van der Waals surface area contributed by atoms with Gasteiger partial charge in [0.15, 0.2) is 19.7 Å². The number of amides is 1. The molecule has 1 N–H and O–H groups in total. The molecule has 1 aromatic carbocycles. The number of aryl methyl sites for hydroxylation is 2. The molecule has 0 radical (unpaired) electrons. The molecule has 0 bridgehead atoms. The fraction of sp³-hybridized carbons (Fsp3) is 0.375. The zero-order valence-corrected chi connectivity index (χ0v) is 21.6. The molecule has 2 heterocycles. The number of pyridine rings is 1. The molecule has 0 unspecified atom stereocenters. The molecular formula is C24H30N2O6S2. The summed E-state index contributed by atoms with van der Waals surface area (Å²) in [5.41, 5.74) is 1.76. The van der Waals surface area contributed by atoms with Crippen LogP contribution in [0.4, 0.5) is 5.69 Å². The molecule has 34 heavy (non-hydrogen) atoms. The molecule has 3 aromatic rings. The summed E-state index contributed by atoms with van der Waals surface area (Å²) in [6.07, 6.45) is 2.19. The third-order valence-electron chi connectivity index (χ3n) is 5.40. The number of aromatic nitrogens is 1. The minimum absolute atomic E-state index is 0.208. The second-order valence-corrected chi connectivity index (χ2v) is 12.3. The van der Waals surface area contributed by atoms with Gasteiger partial charge in [-0.05, 0) is 62.1 Å². The first kappa shape index (κ1) is 25.8. The summed E-state index contributed by atoms with van der Waals surface area (Å²) in [5, 5.41) is 2.72. The van der Waals surface area contributed by atoms with Gasteiger partial charge in [0.25, 0.3) is 5.91 Å². The molecule has 0 fully saturated rings. The van der Waals surface area contributed by atoms with Crippen molar-refractivity contribution in [3.05, 3.63) is 53.3 Å². The van der Waals surface area contributed by atoms with E-state index in [2.05, 4.69) is 5.32 Å². The van der Waals surface area contributed by atoms with Crippen LogP contribution in [0, 0.1) is 13.8 Å². The third-order valence-corrected chi connectivity index (χ3v) is 9.46. The van der Waals surface area contributed by atoms with Gasteiger partial charge < -0.3 is 14.5 Å². The predicted molar refractivity (Wildman–Crippen MR) is 133 cm³/mol. The molecule has 0 saturated carbocycles. The third kappa shape index (κ3) is 4.83. The smallest absolute Gasteiger partial charge is 0.274 e. The molecule has 0 aliphatic rings. The van der Waals surface area contributed by atoms with E-state index in [4.69, 9.17) is 4.74 Å². The van der Waals surface area contributed by atoms with Gasteiger partial charge in [0.1, 0.15) is 21.2 Å². The first-order valence-corrected chi connectivity index (χ1v) is 14.3. The van der Waals surface area contributed by atoms with Crippen LogP contribution in [0.15, 0.2) is 46.3 Å². The first-order chi connectivity index (χ1) is 16.0. The van der Waals surface area contributed by atoms with Crippen LogP contribution < -0.4 is 10.1 Å². The van der Waals surface area contributed by atoms with Gasteiger partial charge in [-0.2, -0.15) is 0 Å². The van der Waals surface area contributed by atoms with Crippen LogP contribution in [0.3, 0.4) is 0 Å². The number of nitrogens with one attached hydrogen (secondary N) is 1. The summed E-state index contributed by atoms with van der Waals surface area (Å²) in [4.78, 5) is 12.8. The van der Waals surface area contributed by atoms with Crippen LogP contribution >= 0.6 is 0 Å². The number of carbonyl (C=O) groups is 1. The molecule has 3 rings (SSSR count). The number of anilines is 1. The summed E-state index contributed by atoms with van der Waals surface area (Å²) in [7, 11) is -6.57. The van der Waals surface area contributed by atoms with Crippen molar-refractivity contribution >= 4 is 36.8 Å². The van der Waals surface area contributed by atoms with Crippen molar-refractivity contribution in [2.24, 2.45) is 0 Å². The van der Waals surface area contributed by atoms with Gasteiger partial charge in [-0.3, -0.25) is 4.79 Å². The molecule has 0 aliphatic heterocycles. The highest BCUT2D eigenvalue weighted by molar-refractivity contribution is 7.94. The van der Waals surface area contributed by atoms with Gasteiger partial charge in [-0.15, -0.1) is 0 Å². The average Bonchev–Trinajstić information content (AvgIpc) is 3.11. The van der Waals surface area contributed by atoms with Crippen LogP contribution in [0.1, 0.15) is 48.3 Å². The molecule has 0 saturated heterocycles. The molecule has 184 valence electrons. The number of ether oxygens (including phenoxy) is 1. The van der Waals surface area contributed by atoms with Crippen molar-refractivity contribution in [3.63, 3.8) is 0 Å². The van der Waals surface area contributed by atoms with Gasteiger partial charge in [-0.1, -0.05) is 19.9 Å². The zero-order chi connectivity index (χ0) is 25.3. The number of hydrogen-bond acceptors (Lipinski definition) is 6.